The Morgan fingerprint density at radius 3 is 2.95 bits per heavy atom. The molecule has 1 spiro atoms. The molecule has 0 saturated carbocycles. The van der Waals surface area contributed by atoms with E-state index in [0.717, 1.165) is 30.5 Å². The van der Waals surface area contributed by atoms with E-state index < -0.39 is 0 Å². The van der Waals surface area contributed by atoms with Crippen LogP contribution in [0.25, 0.3) is 0 Å². The zero-order chi connectivity index (χ0) is 13.9. The number of likely N-dealkylation sites (tertiary alicyclic amines) is 1. The standard InChI is InChI=1S/C16H19NO3/c1-17-8-15-16(5-3-2-4-14(16)17)11-7-13(19)12(18)6-10(11)9-20-15/h3,5-7,14-15,18-19H,2,4,8-9H2,1H3/t14-,15-,16+/m0/s1. The highest BCUT2D eigenvalue weighted by atomic mass is 16.5. The normalized spacial score (nSPS) is 35.5. The second kappa shape index (κ2) is 3.99. The summed E-state index contributed by atoms with van der Waals surface area (Å²) in [6, 6.07) is 3.79. The van der Waals surface area contributed by atoms with Crippen LogP contribution in [0.2, 0.25) is 0 Å². The number of nitrogens with zero attached hydrogens (tertiary/aromatic N) is 1. The maximum absolute atomic E-state index is 9.92. The van der Waals surface area contributed by atoms with Gasteiger partial charge in [0.25, 0.3) is 0 Å². The lowest BCUT2D eigenvalue weighted by Crippen LogP contribution is -2.49. The molecule has 2 heterocycles. The van der Waals surface area contributed by atoms with E-state index in [4.69, 9.17) is 4.74 Å². The van der Waals surface area contributed by atoms with Gasteiger partial charge >= 0.3 is 0 Å². The monoisotopic (exact) mass is 273 g/mol. The molecule has 0 aromatic heterocycles. The molecule has 1 aromatic carbocycles. The number of phenols is 2. The van der Waals surface area contributed by atoms with E-state index in [1.165, 1.54) is 0 Å². The SMILES string of the molecule is CN1C[C@@H]2OCc3cc(O)c(O)cc3[C@@]23C=CCC[C@H]13. The van der Waals surface area contributed by atoms with Crippen LogP contribution < -0.4 is 0 Å². The second-order valence-corrected chi connectivity index (χ2v) is 6.17. The van der Waals surface area contributed by atoms with Crippen LogP contribution in [0, 0.1) is 0 Å². The van der Waals surface area contributed by atoms with Crippen LogP contribution in [-0.2, 0) is 16.8 Å². The Hall–Kier alpha value is -1.52. The molecule has 1 aromatic rings. The van der Waals surface area contributed by atoms with Crippen molar-refractivity contribution in [1.29, 1.82) is 0 Å². The van der Waals surface area contributed by atoms with Crippen LogP contribution in [0.3, 0.4) is 0 Å². The zero-order valence-electron chi connectivity index (χ0n) is 11.5. The lowest BCUT2D eigenvalue weighted by atomic mass is 9.66. The Kier molecular flexibility index (Phi) is 2.44. The van der Waals surface area contributed by atoms with Crippen LogP contribution in [0.15, 0.2) is 24.3 Å². The quantitative estimate of drug-likeness (QED) is 0.560. The number of ether oxygens (including phenoxy) is 1. The molecule has 0 bridgehead atoms. The third-order valence-corrected chi connectivity index (χ3v) is 5.18. The molecule has 4 rings (SSSR count). The molecule has 1 saturated heterocycles. The number of hydrogen-bond donors (Lipinski definition) is 2. The van der Waals surface area contributed by atoms with Gasteiger partial charge in [-0.15, -0.1) is 0 Å². The van der Waals surface area contributed by atoms with Gasteiger partial charge in [-0.05, 0) is 43.1 Å². The summed E-state index contributed by atoms with van der Waals surface area (Å²) in [6.07, 6.45) is 6.82. The van der Waals surface area contributed by atoms with Gasteiger partial charge in [0.05, 0.1) is 18.1 Å². The maximum Gasteiger partial charge on any atom is 0.157 e. The van der Waals surface area contributed by atoms with E-state index in [2.05, 4.69) is 24.1 Å². The molecule has 2 aliphatic heterocycles. The number of benzene rings is 1. The van der Waals surface area contributed by atoms with E-state index in [1.54, 1.807) is 12.1 Å². The lowest BCUT2D eigenvalue weighted by molar-refractivity contribution is 0.00189. The van der Waals surface area contributed by atoms with Gasteiger partial charge < -0.3 is 14.9 Å². The molecule has 1 fully saturated rings. The van der Waals surface area contributed by atoms with Crippen molar-refractivity contribution in [2.75, 3.05) is 13.6 Å². The van der Waals surface area contributed by atoms with Crippen LogP contribution in [-0.4, -0.2) is 40.9 Å². The molecule has 2 N–H and O–H groups in total. The molecular weight excluding hydrogens is 254 g/mol. The number of fused-ring (bicyclic) bond motifs is 1. The van der Waals surface area contributed by atoms with E-state index in [-0.39, 0.29) is 23.0 Å². The van der Waals surface area contributed by atoms with Crippen LogP contribution in [0.4, 0.5) is 0 Å². The highest BCUT2D eigenvalue weighted by Gasteiger charge is 2.56. The number of allylic oxidation sites excluding steroid dienone is 1. The summed E-state index contributed by atoms with van der Waals surface area (Å²) in [6.45, 7) is 1.42. The fourth-order valence-corrected chi connectivity index (χ4v) is 4.30. The van der Waals surface area contributed by atoms with Gasteiger partial charge in [-0.2, -0.15) is 0 Å². The fraction of sp³-hybridized carbons (Fsp3) is 0.500. The van der Waals surface area contributed by atoms with Gasteiger partial charge in [-0.1, -0.05) is 12.2 Å². The Morgan fingerprint density at radius 1 is 1.30 bits per heavy atom. The highest BCUT2D eigenvalue weighted by molar-refractivity contribution is 5.53. The number of phenolic OH excluding ortho intramolecular Hbond substituents is 2. The van der Waals surface area contributed by atoms with Gasteiger partial charge in [-0.25, -0.2) is 0 Å². The van der Waals surface area contributed by atoms with Crippen molar-refractivity contribution < 1.29 is 14.9 Å². The summed E-state index contributed by atoms with van der Waals surface area (Å²) >= 11 is 0. The molecule has 3 aliphatic rings. The predicted molar refractivity (Wildman–Crippen MR) is 74.8 cm³/mol. The summed E-state index contributed by atoms with van der Waals surface area (Å²) in [7, 11) is 2.15. The number of hydrogen-bond acceptors (Lipinski definition) is 4. The average Bonchev–Trinajstić information content (AvgIpc) is 2.74. The van der Waals surface area contributed by atoms with Crippen molar-refractivity contribution in [3.8, 4) is 11.5 Å². The van der Waals surface area contributed by atoms with Gasteiger partial charge in [0.1, 0.15) is 0 Å². The first-order valence-electron chi connectivity index (χ1n) is 7.18. The first kappa shape index (κ1) is 12.2. The minimum atomic E-state index is -0.175. The van der Waals surface area contributed by atoms with Gasteiger partial charge in [0.2, 0.25) is 0 Å². The van der Waals surface area contributed by atoms with E-state index in [9.17, 15) is 10.2 Å². The zero-order valence-corrected chi connectivity index (χ0v) is 11.5. The molecule has 4 heteroatoms. The lowest BCUT2D eigenvalue weighted by Gasteiger charge is -2.44. The van der Waals surface area contributed by atoms with Crippen molar-refractivity contribution in [3.05, 3.63) is 35.4 Å². The van der Waals surface area contributed by atoms with Gasteiger partial charge in [0, 0.05) is 12.6 Å². The van der Waals surface area contributed by atoms with Crippen molar-refractivity contribution in [1.82, 2.24) is 4.90 Å². The third kappa shape index (κ3) is 1.38. The summed E-state index contributed by atoms with van der Waals surface area (Å²) in [5.74, 6) is -0.101. The van der Waals surface area contributed by atoms with E-state index in [1.807, 2.05) is 0 Å². The molecule has 3 atom stereocenters. The molecule has 4 nitrogen and oxygen atoms in total. The Morgan fingerprint density at radius 2 is 2.10 bits per heavy atom. The van der Waals surface area contributed by atoms with E-state index >= 15 is 0 Å². The number of likely N-dealkylation sites (N-methyl/N-ethyl adjacent to an activating group) is 1. The summed E-state index contributed by atoms with van der Waals surface area (Å²) in [5, 5.41) is 19.6. The minimum absolute atomic E-state index is 0.0361. The molecule has 106 valence electrons. The van der Waals surface area contributed by atoms with Crippen molar-refractivity contribution in [2.24, 2.45) is 0 Å². The van der Waals surface area contributed by atoms with Crippen LogP contribution >= 0.6 is 0 Å². The smallest absolute Gasteiger partial charge is 0.157 e. The Bertz CT molecular complexity index is 598. The third-order valence-electron chi connectivity index (χ3n) is 5.18. The van der Waals surface area contributed by atoms with Gasteiger partial charge in [0.15, 0.2) is 11.5 Å². The second-order valence-electron chi connectivity index (χ2n) is 6.17. The summed E-state index contributed by atoms with van der Waals surface area (Å²) in [4.78, 5) is 2.37. The molecule has 1 aliphatic carbocycles. The average molecular weight is 273 g/mol. The minimum Gasteiger partial charge on any atom is -0.504 e. The number of aromatic hydroxyl groups is 2. The molecule has 20 heavy (non-hydrogen) atoms. The number of rotatable bonds is 0. The van der Waals surface area contributed by atoms with Gasteiger partial charge in [-0.3, -0.25) is 4.90 Å². The molecule has 0 radical (unpaired) electrons. The Balaban J connectivity index is 1.97. The topological polar surface area (TPSA) is 52.9 Å². The van der Waals surface area contributed by atoms with Crippen molar-refractivity contribution in [2.45, 2.75) is 37.0 Å². The largest absolute Gasteiger partial charge is 0.504 e. The summed E-state index contributed by atoms with van der Waals surface area (Å²) < 4.78 is 6.07. The summed E-state index contributed by atoms with van der Waals surface area (Å²) in [5.41, 5.74) is 1.93. The first-order valence-corrected chi connectivity index (χ1v) is 7.18. The molecular formula is C16H19NO3. The highest BCUT2D eigenvalue weighted by Crippen LogP contribution is 2.51. The fourth-order valence-electron chi connectivity index (χ4n) is 4.30. The Labute approximate surface area is 118 Å². The van der Waals surface area contributed by atoms with Crippen molar-refractivity contribution >= 4 is 0 Å². The first-order chi connectivity index (χ1) is 9.63. The maximum atomic E-state index is 9.92. The predicted octanol–water partition coefficient (Wildman–Crippen LogP) is 1.90. The van der Waals surface area contributed by atoms with Crippen LogP contribution in [0.1, 0.15) is 24.0 Å². The van der Waals surface area contributed by atoms with Crippen molar-refractivity contribution in [3.63, 3.8) is 0 Å². The van der Waals surface area contributed by atoms with Crippen LogP contribution in [0.5, 0.6) is 11.5 Å². The molecule has 0 unspecified atom stereocenters. The van der Waals surface area contributed by atoms with E-state index in [0.29, 0.717) is 12.6 Å². The molecule has 0 amide bonds.